The van der Waals surface area contributed by atoms with Crippen molar-refractivity contribution in [3.8, 4) is 5.75 Å². The van der Waals surface area contributed by atoms with Crippen LogP contribution in [0, 0.1) is 20.8 Å². The average Bonchev–Trinajstić information content (AvgIpc) is 2.85. The van der Waals surface area contributed by atoms with Crippen LogP contribution < -0.4 is 20.3 Å². The summed E-state index contributed by atoms with van der Waals surface area (Å²) in [6.07, 6.45) is 1.32. The molecule has 3 aromatic carbocycles. The zero-order chi connectivity index (χ0) is 28.4. The molecule has 5 amide bonds. The second-order valence-electron chi connectivity index (χ2n) is 8.83. The molecule has 0 spiro atoms. The minimum absolute atomic E-state index is 0.220. The van der Waals surface area contributed by atoms with Crippen molar-refractivity contribution in [1.29, 1.82) is 0 Å². The largest absolute Gasteiger partial charge is 0.482 e. The molecule has 4 rings (SSSR count). The van der Waals surface area contributed by atoms with Gasteiger partial charge < -0.3 is 10.1 Å². The molecule has 8 nitrogen and oxygen atoms in total. The predicted octanol–water partition coefficient (Wildman–Crippen LogP) is 6.47. The lowest BCUT2D eigenvalue weighted by Crippen LogP contribution is -2.54. The number of hydrogen-bond donors (Lipinski definition) is 2. The lowest BCUT2D eigenvalue weighted by Gasteiger charge is -2.27. The van der Waals surface area contributed by atoms with Crippen LogP contribution in [0.1, 0.15) is 22.3 Å². The average molecular weight is 676 g/mol. The number of imide groups is 2. The topological polar surface area (TPSA) is 105 Å². The maximum Gasteiger partial charge on any atom is 0.335 e. The summed E-state index contributed by atoms with van der Waals surface area (Å²) in [5, 5.41) is 5.45. The third kappa shape index (κ3) is 6.41. The van der Waals surface area contributed by atoms with Crippen LogP contribution in [0.3, 0.4) is 0 Å². The summed E-state index contributed by atoms with van der Waals surface area (Å²) in [4.78, 5) is 52.2. The van der Waals surface area contributed by atoms with Gasteiger partial charge in [0.05, 0.1) is 10.2 Å². The van der Waals surface area contributed by atoms with Crippen LogP contribution in [0.25, 0.3) is 6.08 Å². The van der Waals surface area contributed by atoms with Crippen LogP contribution >= 0.6 is 43.5 Å². The number of benzene rings is 3. The van der Waals surface area contributed by atoms with Crippen molar-refractivity contribution >= 4 is 84.7 Å². The van der Waals surface area contributed by atoms with Crippen molar-refractivity contribution in [2.75, 3.05) is 16.8 Å². The Hall–Kier alpha value is -3.47. The molecule has 0 atom stereocenters. The lowest BCUT2D eigenvalue weighted by atomic mass is 10.0. The van der Waals surface area contributed by atoms with Gasteiger partial charge in [0.2, 0.25) is 0 Å². The van der Waals surface area contributed by atoms with Crippen LogP contribution in [0.5, 0.6) is 5.75 Å². The molecule has 1 heterocycles. The SMILES string of the molecule is Cc1ccc(N2C(=O)NC(=O)/C(=C/c3cc(Br)cc(Br)c3OCC(=O)Nc3ccc(C)c(Cl)c3)C2=O)cc1C. The Morgan fingerprint density at radius 3 is 2.41 bits per heavy atom. The Bertz CT molecular complexity index is 1570. The number of ether oxygens (including phenoxy) is 1. The molecule has 0 radical (unpaired) electrons. The normalized spacial score (nSPS) is 14.5. The maximum absolute atomic E-state index is 13.4. The Morgan fingerprint density at radius 2 is 1.72 bits per heavy atom. The van der Waals surface area contributed by atoms with Gasteiger partial charge in [0.25, 0.3) is 17.7 Å². The molecule has 39 heavy (non-hydrogen) atoms. The van der Waals surface area contributed by atoms with Crippen molar-refractivity contribution in [1.82, 2.24) is 5.32 Å². The quantitative estimate of drug-likeness (QED) is 0.230. The standard InChI is InChI=1S/C28H22Br2ClN3O5/c1-14-5-7-20(8-16(14)3)34-27(37)21(26(36)33-28(34)38)10-17-9-18(29)11-22(30)25(17)39-13-24(35)32-19-6-4-15(2)23(31)12-19/h4-12H,13H2,1-3H3,(H,32,35)(H,33,36,38)/b21-10-. The van der Waals surface area contributed by atoms with E-state index in [0.29, 0.717) is 30.9 Å². The molecule has 1 fully saturated rings. The van der Waals surface area contributed by atoms with Gasteiger partial charge in [0.15, 0.2) is 6.61 Å². The van der Waals surface area contributed by atoms with Gasteiger partial charge in [-0.1, -0.05) is 39.7 Å². The van der Waals surface area contributed by atoms with Crippen molar-refractivity contribution in [3.05, 3.63) is 90.3 Å². The van der Waals surface area contributed by atoms with E-state index in [-0.39, 0.29) is 17.9 Å². The Balaban J connectivity index is 1.62. The van der Waals surface area contributed by atoms with E-state index in [1.165, 1.54) is 6.08 Å². The summed E-state index contributed by atoms with van der Waals surface area (Å²) in [5.41, 5.74) is 3.65. The lowest BCUT2D eigenvalue weighted by molar-refractivity contribution is -0.122. The van der Waals surface area contributed by atoms with E-state index in [4.69, 9.17) is 16.3 Å². The minimum Gasteiger partial charge on any atom is -0.482 e. The molecule has 11 heteroatoms. The number of amides is 5. The summed E-state index contributed by atoms with van der Waals surface area (Å²) in [5.74, 6) is -1.86. The van der Waals surface area contributed by atoms with E-state index in [0.717, 1.165) is 21.6 Å². The minimum atomic E-state index is -0.846. The van der Waals surface area contributed by atoms with Gasteiger partial charge >= 0.3 is 6.03 Å². The van der Waals surface area contributed by atoms with Crippen molar-refractivity contribution in [2.24, 2.45) is 0 Å². The van der Waals surface area contributed by atoms with Crippen molar-refractivity contribution in [3.63, 3.8) is 0 Å². The van der Waals surface area contributed by atoms with Gasteiger partial charge in [0, 0.05) is 20.7 Å². The monoisotopic (exact) mass is 673 g/mol. The van der Waals surface area contributed by atoms with Crippen LogP contribution in [0.15, 0.2) is 63.0 Å². The number of carbonyl (C=O) groups is 4. The molecule has 0 saturated carbocycles. The zero-order valence-electron chi connectivity index (χ0n) is 21.0. The molecule has 0 unspecified atom stereocenters. The van der Waals surface area contributed by atoms with E-state index in [2.05, 4.69) is 42.5 Å². The van der Waals surface area contributed by atoms with E-state index in [1.807, 2.05) is 20.8 Å². The van der Waals surface area contributed by atoms with E-state index < -0.39 is 23.8 Å². The molecule has 3 aromatic rings. The number of rotatable bonds is 6. The Morgan fingerprint density at radius 1 is 1.00 bits per heavy atom. The summed E-state index contributed by atoms with van der Waals surface area (Å²) in [6.45, 7) is 5.26. The maximum atomic E-state index is 13.4. The van der Waals surface area contributed by atoms with Crippen LogP contribution in [0.4, 0.5) is 16.2 Å². The third-order valence-corrected chi connectivity index (χ3v) is 7.44. The van der Waals surface area contributed by atoms with Crippen LogP contribution in [-0.4, -0.2) is 30.4 Å². The van der Waals surface area contributed by atoms with E-state index in [1.54, 1.807) is 48.5 Å². The van der Waals surface area contributed by atoms with Crippen molar-refractivity contribution < 1.29 is 23.9 Å². The summed E-state index contributed by atoms with van der Waals surface area (Å²) < 4.78 is 6.90. The van der Waals surface area contributed by atoms with Gasteiger partial charge in [-0.15, -0.1) is 0 Å². The molecule has 0 aliphatic carbocycles. The summed E-state index contributed by atoms with van der Waals surface area (Å²) >= 11 is 12.9. The number of anilines is 2. The molecular weight excluding hydrogens is 654 g/mol. The number of nitrogens with zero attached hydrogens (tertiary/aromatic N) is 1. The smallest absolute Gasteiger partial charge is 0.335 e. The number of nitrogens with one attached hydrogen (secondary N) is 2. The first-order valence-electron chi connectivity index (χ1n) is 11.6. The van der Waals surface area contributed by atoms with Crippen molar-refractivity contribution in [2.45, 2.75) is 20.8 Å². The molecule has 1 aliphatic heterocycles. The van der Waals surface area contributed by atoms with Gasteiger partial charge in [-0.25, -0.2) is 9.69 Å². The molecule has 1 saturated heterocycles. The molecule has 0 aromatic heterocycles. The number of urea groups is 1. The molecule has 2 N–H and O–H groups in total. The van der Waals surface area contributed by atoms with Gasteiger partial charge in [-0.05, 0) is 95.9 Å². The van der Waals surface area contributed by atoms with E-state index >= 15 is 0 Å². The highest BCUT2D eigenvalue weighted by atomic mass is 79.9. The fraction of sp³-hybridized carbons (Fsp3) is 0.143. The first kappa shape index (κ1) is 28.5. The summed E-state index contributed by atoms with van der Waals surface area (Å²) in [6, 6.07) is 12.7. The number of aryl methyl sites for hydroxylation is 3. The summed E-state index contributed by atoms with van der Waals surface area (Å²) in [7, 11) is 0. The fourth-order valence-electron chi connectivity index (χ4n) is 3.76. The molecule has 200 valence electrons. The third-order valence-electron chi connectivity index (χ3n) is 5.99. The van der Waals surface area contributed by atoms with Gasteiger partial charge in [-0.3, -0.25) is 19.7 Å². The number of hydrogen-bond acceptors (Lipinski definition) is 5. The fourth-order valence-corrected chi connectivity index (χ4v) is 5.31. The number of carbonyl (C=O) groups excluding carboxylic acids is 4. The zero-order valence-corrected chi connectivity index (χ0v) is 25.0. The van der Waals surface area contributed by atoms with Gasteiger partial charge in [-0.2, -0.15) is 0 Å². The number of halogens is 3. The highest BCUT2D eigenvalue weighted by Crippen LogP contribution is 2.35. The molecule has 1 aliphatic rings. The second kappa shape index (κ2) is 11.7. The molecular formula is C28H22Br2ClN3O5. The van der Waals surface area contributed by atoms with Crippen LogP contribution in [-0.2, 0) is 14.4 Å². The van der Waals surface area contributed by atoms with E-state index in [9.17, 15) is 19.2 Å². The highest BCUT2D eigenvalue weighted by Gasteiger charge is 2.37. The Kier molecular flexibility index (Phi) is 8.58. The Labute approximate surface area is 246 Å². The second-order valence-corrected chi connectivity index (χ2v) is 11.0. The molecule has 0 bridgehead atoms. The number of barbiturate groups is 1. The first-order valence-corrected chi connectivity index (χ1v) is 13.6. The van der Waals surface area contributed by atoms with Crippen LogP contribution in [0.2, 0.25) is 5.02 Å². The van der Waals surface area contributed by atoms with Gasteiger partial charge in [0.1, 0.15) is 11.3 Å². The highest BCUT2D eigenvalue weighted by molar-refractivity contribution is 9.11. The predicted molar refractivity (Wildman–Crippen MR) is 157 cm³/mol. The first-order chi connectivity index (χ1) is 18.4.